The highest BCUT2D eigenvalue weighted by Crippen LogP contribution is 2.33. The minimum atomic E-state index is -0.273. The van der Waals surface area contributed by atoms with E-state index in [1.54, 1.807) is 0 Å². The van der Waals surface area contributed by atoms with E-state index >= 15 is 0 Å². The molecule has 0 aromatic heterocycles. The maximum Gasteiger partial charge on any atom is 0.265 e. The van der Waals surface area contributed by atoms with Crippen LogP contribution in [0.2, 0.25) is 0 Å². The molecule has 6 heteroatoms. The Hall–Kier alpha value is -0.880. The van der Waals surface area contributed by atoms with Gasteiger partial charge in [-0.25, -0.2) is 0 Å². The molecule has 2 rings (SSSR count). The number of carbonyl (C=O) groups excluding carboxylic acids is 1. The van der Waals surface area contributed by atoms with Gasteiger partial charge in [0.15, 0.2) is 5.17 Å². The van der Waals surface area contributed by atoms with Crippen molar-refractivity contribution >= 4 is 27.9 Å². The number of hydrogen-bond donors (Lipinski definition) is 2. The van der Waals surface area contributed by atoms with Crippen LogP contribution in [0.15, 0.2) is 4.99 Å². The molecule has 3 N–H and O–H groups in total. The first kappa shape index (κ1) is 19.4. The molecule has 1 amide bonds. The van der Waals surface area contributed by atoms with Gasteiger partial charge in [0.05, 0.1) is 11.1 Å². The van der Waals surface area contributed by atoms with Crippen LogP contribution in [0, 0.1) is 16.7 Å². The zero-order valence-electron chi connectivity index (χ0n) is 15.5. The largest absolute Gasteiger partial charge is 0.378 e. The first-order valence-corrected chi connectivity index (χ1v) is 9.92. The van der Waals surface area contributed by atoms with Gasteiger partial charge in [-0.05, 0) is 49.9 Å². The molecule has 5 nitrogen and oxygen atoms in total. The van der Waals surface area contributed by atoms with E-state index in [1.807, 2.05) is 20.8 Å². The van der Waals surface area contributed by atoms with Crippen molar-refractivity contribution in [2.45, 2.75) is 78.3 Å². The number of amidine groups is 1. The SMILES string of the molecule is CC1CCCCC1N1CCCC1C(=O)N=C(N)SC(=N)C(C)(C)C. The second-order valence-electron chi connectivity index (χ2n) is 8.19. The highest BCUT2D eigenvalue weighted by molar-refractivity contribution is 8.26. The quantitative estimate of drug-likeness (QED) is 0.587. The topological polar surface area (TPSA) is 82.5 Å². The minimum absolute atomic E-state index is 0.126. The summed E-state index contributed by atoms with van der Waals surface area (Å²) in [4.78, 5) is 19.1. The number of carbonyl (C=O) groups is 1. The molecule has 0 radical (unpaired) electrons. The van der Waals surface area contributed by atoms with E-state index in [-0.39, 0.29) is 22.5 Å². The summed E-state index contributed by atoms with van der Waals surface area (Å²) in [5.74, 6) is 0.522. The standard InChI is InChI=1S/C18H32N4OS/c1-12-8-5-6-9-13(12)22-11-7-10-14(22)15(23)21-17(20)24-16(19)18(2,3)4/h12-14,19H,5-11H2,1-4H3,(H2,20,21,23). The van der Waals surface area contributed by atoms with E-state index in [0.29, 0.717) is 17.0 Å². The van der Waals surface area contributed by atoms with Crippen LogP contribution in [0.25, 0.3) is 0 Å². The Bertz CT molecular complexity index is 512. The Morgan fingerprint density at radius 2 is 1.88 bits per heavy atom. The molecule has 0 bridgehead atoms. The van der Waals surface area contributed by atoms with E-state index in [1.165, 1.54) is 25.7 Å². The van der Waals surface area contributed by atoms with Crippen LogP contribution in [0.5, 0.6) is 0 Å². The lowest BCUT2D eigenvalue weighted by atomic mass is 9.84. The molecule has 0 aromatic rings. The number of aliphatic imine (C=N–C) groups is 1. The number of nitrogens with two attached hydrogens (primary N) is 1. The van der Waals surface area contributed by atoms with Crippen molar-refractivity contribution < 1.29 is 4.79 Å². The lowest BCUT2D eigenvalue weighted by molar-refractivity contribution is -0.123. The van der Waals surface area contributed by atoms with E-state index in [0.717, 1.165) is 31.1 Å². The fourth-order valence-corrected chi connectivity index (χ4v) is 4.36. The van der Waals surface area contributed by atoms with Gasteiger partial charge in [0.2, 0.25) is 0 Å². The molecule has 1 aliphatic carbocycles. The second kappa shape index (κ2) is 8.00. The highest BCUT2D eigenvalue weighted by Gasteiger charge is 2.38. The number of thioether (sulfide) groups is 1. The van der Waals surface area contributed by atoms with Crippen molar-refractivity contribution in [3.63, 3.8) is 0 Å². The number of nitrogens with one attached hydrogen (secondary N) is 1. The molecule has 1 saturated heterocycles. The van der Waals surface area contributed by atoms with Gasteiger partial charge < -0.3 is 5.73 Å². The van der Waals surface area contributed by atoms with E-state index in [9.17, 15) is 4.79 Å². The third-order valence-electron chi connectivity index (χ3n) is 5.18. The van der Waals surface area contributed by atoms with Crippen molar-refractivity contribution in [1.82, 2.24) is 4.90 Å². The number of amides is 1. The average Bonchev–Trinajstić information content (AvgIpc) is 2.95. The Morgan fingerprint density at radius 3 is 2.50 bits per heavy atom. The summed E-state index contributed by atoms with van der Waals surface area (Å²) in [6, 6.07) is 0.380. The Balaban J connectivity index is 2.02. The van der Waals surface area contributed by atoms with Crippen LogP contribution in [-0.2, 0) is 4.79 Å². The normalized spacial score (nSPS) is 29.7. The summed E-state index contributed by atoms with van der Waals surface area (Å²) in [5.41, 5.74) is 5.65. The maximum absolute atomic E-state index is 12.7. The minimum Gasteiger partial charge on any atom is -0.378 e. The first-order valence-electron chi connectivity index (χ1n) is 9.10. The summed E-state index contributed by atoms with van der Waals surface area (Å²) in [6.07, 6.45) is 6.94. The molecule has 24 heavy (non-hydrogen) atoms. The smallest absolute Gasteiger partial charge is 0.265 e. The van der Waals surface area contributed by atoms with Crippen molar-refractivity contribution in [2.75, 3.05) is 6.54 Å². The molecule has 0 spiro atoms. The molecule has 1 aliphatic heterocycles. The third kappa shape index (κ3) is 4.82. The number of hydrogen-bond acceptors (Lipinski definition) is 4. The van der Waals surface area contributed by atoms with Gasteiger partial charge in [0.25, 0.3) is 5.91 Å². The molecule has 3 unspecified atom stereocenters. The summed E-state index contributed by atoms with van der Waals surface area (Å²) >= 11 is 1.10. The Labute approximate surface area is 150 Å². The van der Waals surface area contributed by atoms with Crippen molar-refractivity contribution in [3.05, 3.63) is 0 Å². The van der Waals surface area contributed by atoms with Gasteiger partial charge in [0.1, 0.15) is 0 Å². The van der Waals surface area contributed by atoms with Crippen LogP contribution in [0.4, 0.5) is 0 Å². The predicted octanol–water partition coefficient (Wildman–Crippen LogP) is 3.63. The lowest BCUT2D eigenvalue weighted by Crippen LogP contribution is -2.47. The molecule has 136 valence electrons. The first-order chi connectivity index (χ1) is 11.2. The van der Waals surface area contributed by atoms with E-state index < -0.39 is 0 Å². The van der Waals surface area contributed by atoms with E-state index in [4.69, 9.17) is 11.1 Å². The fourth-order valence-electron chi connectivity index (χ4n) is 3.70. The monoisotopic (exact) mass is 352 g/mol. The van der Waals surface area contributed by atoms with Crippen molar-refractivity contribution in [2.24, 2.45) is 22.1 Å². The molecule has 2 aliphatic rings. The molecule has 1 heterocycles. The summed E-state index contributed by atoms with van der Waals surface area (Å²) in [7, 11) is 0. The van der Waals surface area contributed by atoms with Crippen molar-refractivity contribution in [1.29, 1.82) is 5.41 Å². The van der Waals surface area contributed by atoms with Gasteiger partial charge in [0, 0.05) is 11.5 Å². The van der Waals surface area contributed by atoms with Crippen LogP contribution in [0.1, 0.15) is 66.2 Å². The summed E-state index contributed by atoms with van der Waals surface area (Å²) < 4.78 is 0. The highest BCUT2D eigenvalue weighted by atomic mass is 32.2. The molecule has 2 fully saturated rings. The van der Waals surface area contributed by atoms with Gasteiger partial charge in [-0.2, -0.15) is 4.99 Å². The number of rotatable bonds is 2. The summed E-state index contributed by atoms with van der Waals surface area (Å²) in [6.45, 7) is 9.18. The van der Waals surface area contributed by atoms with Gasteiger partial charge in [-0.3, -0.25) is 15.1 Å². The second-order valence-corrected chi connectivity index (χ2v) is 9.23. The summed E-state index contributed by atoms with van der Waals surface area (Å²) in [5, 5.41) is 8.66. The zero-order chi connectivity index (χ0) is 17.9. The van der Waals surface area contributed by atoms with Gasteiger partial charge in [-0.1, -0.05) is 40.5 Å². The van der Waals surface area contributed by atoms with E-state index in [2.05, 4.69) is 16.8 Å². The third-order valence-corrected chi connectivity index (χ3v) is 6.30. The Kier molecular flexibility index (Phi) is 6.48. The van der Waals surface area contributed by atoms with Gasteiger partial charge >= 0.3 is 0 Å². The molecular weight excluding hydrogens is 320 g/mol. The lowest BCUT2D eigenvalue weighted by Gasteiger charge is -2.38. The average molecular weight is 353 g/mol. The number of likely N-dealkylation sites (tertiary alicyclic amines) is 1. The molecular formula is C18H32N4OS. The van der Waals surface area contributed by atoms with Crippen LogP contribution >= 0.6 is 11.8 Å². The number of nitrogens with zero attached hydrogens (tertiary/aromatic N) is 2. The van der Waals surface area contributed by atoms with Gasteiger partial charge in [-0.15, -0.1) is 0 Å². The van der Waals surface area contributed by atoms with Crippen LogP contribution < -0.4 is 5.73 Å². The maximum atomic E-state index is 12.7. The molecule has 3 atom stereocenters. The molecule has 1 saturated carbocycles. The predicted molar refractivity (Wildman–Crippen MR) is 103 cm³/mol. The fraction of sp³-hybridized carbons (Fsp3) is 0.833. The Morgan fingerprint density at radius 1 is 1.21 bits per heavy atom. The zero-order valence-corrected chi connectivity index (χ0v) is 16.3. The molecule has 0 aromatic carbocycles. The van der Waals surface area contributed by atoms with Crippen LogP contribution in [0.3, 0.4) is 0 Å². The van der Waals surface area contributed by atoms with Crippen molar-refractivity contribution in [3.8, 4) is 0 Å². The van der Waals surface area contributed by atoms with Crippen LogP contribution in [-0.4, -0.2) is 39.6 Å².